The highest BCUT2D eigenvalue weighted by atomic mass is 32.2. The molecule has 4 aromatic rings. The number of nitrogens with zero attached hydrogens (tertiary/aromatic N) is 3. The van der Waals surface area contributed by atoms with Crippen LogP contribution in [0.4, 0.5) is 22.9 Å². The lowest BCUT2D eigenvalue weighted by Gasteiger charge is -2.28. The molecule has 2 heterocycles. The van der Waals surface area contributed by atoms with Crippen molar-refractivity contribution in [2.24, 2.45) is 0 Å². The Kier molecular flexibility index (Phi) is 6.60. The molecule has 0 unspecified atom stereocenters. The number of hydrogen-bond acceptors (Lipinski definition) is 7. The molecule has 3 aromatic carbocycles. The van der Waals surface area contributed by atoms with Gasteiger partial charge in [0.1, 0.15) is 0 Å². The van der Waals surface area contributed by atoms with Gasteiger partial charge in [-0.15, -0.1) is 5.10 Å². The first kappa shape index (κ1) is 22.8. The fourth-order valence-electron chi connectivity index (χ4n) is 3.85. The van der Waals surface area contributed by atoms with Crippen molar-refractivity contribution < 1.29 is 13.2 Å². The number of ether oxygens (including phenoxy) is 1. The van der Waals surface area contributed by atoms with Gasteiger partial charge in [0.15, 0.2) is 5.82 Å². The van der Waals surface area contributed by atoms with Crippen molar-refractivity contribution in [1.82, 2.24) is 10.2 Å². The molecule has 1 aromatic heterocycles. The van der Waals surface area contributed by atoms with Crippen LogP contribution in [0.3, 0.4) is 0 Å². The molecule has 8 nitrogen and oxygen atoms in total. The Morgan fingerprint density at radius 3 is 2.17 bits per heavy atom. The third kappa shape index (κ3) is 5.59. The number of morpholine rings is 1. The third-order valence-electron chi connectivity index (χ3n) is 5.70. The van der Waals surface area contributed by atoms with Crippen LogP contribution in [0.2, 0.25) is 0 Å². The largest absolute Gasteiger partial charge is 0.378 e. The van der Waals surface area contributed by atoms with Gasteiger partial charge >= 0.3 is 0 Å². The minimum absolute atomic E-state index is 0.203. The molecule has 9 heteroatoms. The van der Waals surface area contributed by atoms with Crippen LogP contribution in [-0.4, -0.2) is 44.9 Å². The Bertz CT molecular complexity index is 1370. The first-order valence-corrected chi connectivity index (χ1v) is 12.8. The zero-order valence-electron chi connectivity index (χ0n) is 19.0. The summed E-state index contributed by atoms with van der Waals surface area (Å²) in [6, 6.07) is 25.6. The topological polar surface area (TPSA) is 96.5 Å². The number of anilines is 4. The van der Waals surface area contributed by atoms with Gasteiger partial charge in [0.05, 0.1) is 30.0 Å². The fraction of sp³-hybridized carbons (Fsp3) is 0.154. The van der Waals surface area contributed by atoms with E-state index in [1.54, 1.807) is 42.6 Å². The Balaban J connectivity index is 1.24. The maximum Gasteiger partial charge on any atom is 0.261 e. The van der Waals surface area contributed by atoms with Crippen LogP contribution in [0, 0.1) is 0 Å². The lowest BCUT2D eigenvalue weighted by Crippen LogP contribution is -2.36. The van der Waals surface area contributed by atoms with Crippen LogP contribution < -0.4 is 14.9 Å². The lowest BCUT2D eigenvalue weighted by atomic mass is 10.1. The van der Waals surface area contributed by atoms with E-state index in [9.17, 15) is 8.42 Å². The Morgan fingerprint density at radius 1 is 0.800 bits per heavy atom. The molecule has 0 atom stereocenters. The third-order valence-corrected chi connectivity index (χ3v) is 7.09. The molecule has 0 amide bonds. The van der Waals surface area contributed by atoms with Gasteiger partial charge in [-0.1, -0.05) is 42.5 Å². The van der Waals surface area contributed by atoms with Gasteiger partial charge in [0.25, 0.3) is 10.0 Å². The highest BCUT2D eigenvalue weighted by molar-refractivity contribution is 7.92. The predicted octanol–water partition coefficient (Wildman–Crippen LogP) is 4.52. The van der Waals surface area contributed by atoms with Gasteiger partial charge in [0.2, 0.25) is 0 Å². The Labute approximate surface area is 204 Å². The number of nitrogens with one attached hydrogen (secondary N) is 2. The molecule has 178 valence electrons. The van der Waals surface area contributed by atoms with Crippen molar-refractivity contribution in [3.05, 3.63) is 91.1 Å². The van der Waals surface area contributed by atoms with Crippen LogP contribution >= 0.6 is 0 Å². The number of sulfonamides is 1. The minimum atomic E-state index is -3.71. The quantitative estimate of drug-likeness (QED) is 0.395. The first-order valence-electron chi connectivity index (χ1n) is 11.3. The normalized spacial score (nSPS) is 13.9. The van der Waals surface area contributed by atoms with Gasteiger partial charge in [-0.3, -0.25) is 4.72 Å². The van der Waals surface area contributed by atoms with Gasteiger partial charge < -0.3 is 15.0 Å². The molecular formula is C26H25N5O3S. The van der Waals surface area contributed by atoms with Gasteiger partial charge in [-0.05, 0) is 47.5 Å². The second-order valence-electron chi connectivity index (χ2n) is 8.10. The van der Waals surface area contributed by atoms with Crippen molar-refractivity contribution in [2.75, 3.05) is 41.2 Å². The molecule has 1 fully saturated rings. The number of rotatable bonds is 7. The summed E-state index contributed by atoms with van der Waals surface area (Å²) >= 11 is 0. The molecule has 0 radical (unpaired) electrons. The highest BCUT2D eigenvalue weighted by Crippen LogP contribution is 2.24. The van der Waals surface area contributed by atoms with Crippen LogP contribution in [-0.2, 0) is 14.8 Å². The molecule has 2 N–H and O–H groups in total. The fourth-order valence-corrected chi connectivity index (χ4v) is 4.91. The van der Waals surface area contributed by atoms with E-state index in [0.29, 0.717) is 24.7 Å². The van der Waals surface area contributed by atoms with Gasteiger partial charge in [0, 0.05) is 30.5 Å². The molecule has 1 aliphatic rings. The summed E-state index contributed by atoms with van der Waals surface area (Å²) in [6.45, 7) is 3.02. The van der Waals surface area contributed by atoms with Crippen molar-refractivity contribution in [3.8, 4) is 11.1 Å². The van der Waals surface area contributed by atoms with E-state index in [2.05, 4.69) is 25.1 Å². The summed E-state index contributed by atoms with van der Waals surface area (Å²) in [5.41, 5.74) is 4.21. The van der Waals surface area contributed by atoms with Crippen LogP contribution in [0.1, 0.15) is 0 Å². The zero-order valence-corrected chi connectivity index (χ0v) is 19.8. The predicted molar refractivity (Wildman–Crippen MR) is 137 cm³/mol. The van der Waals surface area contributed by atoms with Crippen LogP contribution in [0.25, 0.3) is 11.1 Å². The maximum absolute atomic E-state index is 12.9. The smallest absolute Gasteiger partial charge is 0.261 e. The van der Waals surface area contributed by atoms with Gasteiger partial charge in [-0.25, -0.2) is 8.42 Å². The average molecular weight is 488 g/mol. The molecule has 1 aliphatic heterocycles. The summed E-state index contributed by atoms with van der Waals surface area (Å²) in [5, 5.41) is 11.5. The zero-order chi connectivity index (χ0) is 24.1. The summed E-state index contributed by atoms with van der Waals surface area (Å²) in [5.74, 6) is 0.612. The second kappa shape index (κ2) is 10.1. The van der Waals surface area contributed by atoms with E-state index in [-0.39, 0.29) is 4.90 Å². The monoisotopic (exact) mass is 487 g/mol. The van der Waals surface area contributed by atoms with Crippen molar-refractivity contribution >= 4 is 32.9 Å². The van der Waals surface area contributed by atoms with Gasteiger partial charge in [-0.2, -0.15) is 5.10 Å². The highest BCUT2D eigenvalue weighted by Gasteiger charge is 2.15. The van der Waals surface area contributed by atoms with E-state index in [1.807, 2.05) is 48.5 Å². The molecule has 1 saturated heterocycles. The summed E-state index contributed by atoms with van der Waals surface area (Å²) in [7, 11) is -3.71. The molecular weight excluding hydrogens is 462 g/mol. The number of benzene rings is 3. The van der Waals surface area contributed by atoms with Crippen LogP contribution in [0.15, 0.2) is 96.0 Å². The standard InChI is InChI=1S/C26H25N5O3S/c32-35(33,25-12-6-21(7-13-25)20-4-2-1-3-5-20)30-23-10-8-22(9-11-23)28-26-18-24(19-27-29-26)31-14-16-34-17-15-31/h1-13,18-19,30H,14-17H2,(H,28,29). The first-order chi connectivity index (χ1) is 17.1. The molecule has 35 heavy (non-hydrogen) atoms. The molecule has 0 saturated carbocycles. The van der Waals surface area contributed by atoms with E-state index < -0.39 is 10.0 Å². The maximum atomic E-state index is 12.9. The number of hydrogen-bond donors (Lipinski definition) is 2. The summed E-state index contributed by atoms with van der Waals surface area (Å²) in [6.07, 6.45) is 1.74. The van der Waals surface area contributed by atoms with E-state index in [4.69, 9.17) is 4.74 Å². The Morgan fingerprint density at radius 2 is 1.46 bits per heavy atom. The SMILES string of the molecule is O=S(=O)(Nc1ccc(Nc2cc(N3CCOCC3)cnn2)cc1)c1ccc(-c2ccccc2)cc1. The van der Waals surface area contributed by atoms with Crippen molar-refractivity contribution in [3.63, 3.8) is 0 Å². The van der Waals surface area contributed by atoms with E-state index in [0.717, 1.165) is 35.6 Å². The molecule has 0 spiro atoms. The summed E-state index contributed by atoms with van der Waals surface area (Å²) < 4.78 is 33.7. The summed E-state index contributed by atoms with van der Waals surface area (Å²) in [4.78, 5) is 2.41. The van der Waals surface area contributed by atoms with Crippen molar-refractivity contribution in [2.45, 2.75) is 4.90 Å². The second-order valence-corrected chi connectivity index (χ2v) is 9.78. The van der Waals surface area contributed by atoms with E-state index in [1.165, 1.54) is 0 Å². The van der Waals surface area contributed by atoms with Crippen molar-refractivity contribution in [1.29, 1.82) is 0 Å². The molecule has 0 bridgehead atoms. The van der Waals surface area contributed by atoms with E-state index >= 15 is 0 Å². The van der Waals surface area contributed by atoms with Crippen LogP contribution in [0.5, 0.6) is 0 Å². The average Bonchev–Trinajstić information content (AvgIpc) is 2.91. The number of aromatic nitrogens is 2. The Hall–Kier alpha value is -3.95. The molecule has 5 rings (SSSR count). The molecule has 0 aliphatic carbocycles. The lowest BCUT2D eigenvalue weighted by molar-refractivity contribution is 0.122. The minimum Gasteiger partial charge on any atom is -0.378 e.